The van der Waals surface area contributed by atoms with Gasteiger partial charge in [0.1, 0.15) is 0 Å². The highest BCUT2D eigenvalue weighted by molar-refractivity contribution is 5.91. The Morgan fingerprint density at radius 1 is 1.12 bits per heavy atom. The lowest BCUT2D eigenvalue weighted by Gasteiger charge is -1.94. The molecule has 0 aromatic rings. The lowest BCUT2D eigenvalue weighted by molar-refractivity contribution is -0.133. The number of nitrogens with zero attached hydrogens (tertiary/aromatic N) is 1. The van der Waals surface area contributed by atoms with E-state index in [0.29, 0.717) is 0 Å². The summed E-state index contributed by atoms with van der Waals surface area (Å²) in [6.07, 6.45) is 3.49. The highest BCUT2D eigenvalue weighted by Gasteiger charge is 2.04. The monoisotopic (exact) mass is 221 g/mol. The van der Waals surface area contributed by atoms with Crippen LogP contribution in [0.25, 0.3) is 0 Å². The Kier molecular flexibility index (Phi) is 5.28. The van der Waals surface area contributed by atoms with Gasteiger partial charge >= 0.3 is 11.9 Å². The molecular formula is C11H11NO4. The van der Waals surface area contributed by atoms with Gasteiger partial charge in [0.2, 0.25) is 0 Å². The molecule has 5 nitrogen and oxygen atoms in total. The first-order valence-electron chi connectivity index (χ1n) is 4.32. The smallest absolute Gasteiger partial charge is 0.335 e. The number of aliphatic carboxylic acids is 2. The molecule has 0 fully saturated rings. The molecule has 0 radical (unpaired) electrons. The van der Waals surface area contributed by atoms with E-state index in [1.165, 1.54) is 26.0 Å². The predicted octanol–water partition coefficient (Wildman–Crippen LogP) is 1.50. The standard InChI is InChI=1S/C11H11NO4/c1-7(6-12)5-9(11(15)16)4-3-8(2)10(13)14/h3-5H,1-2H3,(H,13,14)(H,15,16). The summed E-state index contributed by atoms with van der Waals surface area (Å²) in [5, 5.41) is 25.8. The fourth-order valence-corrected chi connectivity index (χ4v) is 0.733. The van der Waals surface area contributed by atoms with Crippen molar-refractivity contribution in [3.05, 3.63) is 34.9 Å². The van der Waals surface area contributed by atoms with Crippen LogP contribution in [-0.4, -0.2) is 22.2 Å². The molecule has 0 aromatic carbocycles. The van der Waals surface area contributed by atoms with E-state index in [4.69, 9.17) is 15.5 Å². The average molecular weight is 221 g/mol. The molecule has 0 aliphatic rings. The van der Waals surface area contributed by atoms with Gasteiger partial charge in [-0.1, -0.05) is 6.08 Å². The molecule has 0 spiro atoms. The van der Waals surface area contributed by atoms with Crippen molar-refractivity contribution in [1.29, 1.82) is 5.26 Å². The first-order valence-corrected chi connectivity index (χ1v) is 4.32. The van der Waals surface area contributed by atoms with Crippen molar-refractivity contribution in [3.63, 3.8) is 0 Å². The summed E-state index contributed by atoms with van der Waals surface area (Å²) in [6, 6.07) is 1.78. The highest BCUT2D eigenvalue weighted by atomic mass is 16.4. The lowest BCUT2D eigenvalue weighted by atomic mass is 10.1. The van der Waals surface area contributed by atoms with Crippen molar-refractivity contribution >= 4 is 11.9 Å². The average Bonchev–Trinajstić information content (AvgIpc) is 2.22. The maximum atomic E-state index is 10.7. The van der Waals surface area contributed by atoms with Crippen LogP contribution in [0, 0.1) is 11.3 Å². The second kappa shape index (κ2) is 6.19. The summed E-state index contributed by atoms with van der Waals surface area (Å²) >= 11 is 0. The van der Waals surface area contributed by atoms with E-state index in [1.807, 2.05) is 0 Å². The summed E-state index contributed by atoms with van der Waals surface area (Å²) in [6.45, 7) is 2.81. The Morgan fingerprint density at radius 3 is 2.06 bits per heavy atom. The van der Waals surface area contributed by atoms with Crippen molar-refractivity contribution in [2.24, 2.45) is 0 Å². The van der Waals surface area contributed by atoms with Gasteiger partial charge < -0.3 is 10.2 Å². The van der Waals surface area contributed by atoms with E-state index in [1.54, 1.807) is 6.07 Å². The van der Waals surface area contributed by atoms with E-state index in [0.717, 1.165) is 6.08 Å². The van der Waals surface area contributed by atoms with E-state index in [2.05, 4.69) is 0 Å². The number of hydrogen-bond donors (Lipinski definition) is 2. The van der Waals surface area contributed by atoms with E-state index in [9.17, 15) is 9.59 Å². The van der Waals surface area contributed by atoms with Crippen molar-refractivity contribution in [2.75, 3.05) is 0 Å². The van der Waals surface area contributed by atoms with Gasteiger partial charge in [-0.3, -0.25) is 0 Å². The fourth-order valence-electron chi connectivity index (χ4n) is 0.733. The van der Waals surface area contributed by atoms with Crippen LogP contribution in [0.4, 0.5) is 0 Å². The largest absolute Gasteiger partial charge is 0.478 e. The van der Waals surface area contributed by atoms with Gasteiger partial charge in [0.15, 0.2) is 0 Å². The third-order valence-electron chi connectivity index (χ3n) is 1.65. The maximum Gasteiger partial charge on any atom is 0.335 e. The second-order valence-electron chi connectivity index (χ2n) is 3.02. The molecule has 2 N–H and O–H groups in total. The molecule has 5 heteroatoms. The predicted molar refractivity (Wildman–Crippen MR) is 56.5 cm³/mol. The number of carboxylic acid groups (broad SMARTS) is 2. The molecule has 0 aromatic heterocycles. The highest BCUT2D eigenvalue weighted by Crippen LogP contribution is 2.04. The van der Waals surface area contributed by atoms with Crippen LogP contribution in [0.1, 0.15) is 13.8 Å². The molecule has 0 aliphatic heterocycles. The zero-order chi connectivity index (χ0) is 12.7. The van der Waals surface area contributed by atoms with E-state index < -0.39 is 11.9 Å². The Labute approximate surface area is 92.6 Å². The van der Waals surface area contributed by atoms with Gasteiger partial charge in [-0.05, 0) is 26.0 Å². The zero-order valence-corrected chi connectivity index (χ0v) is 8.89. The van der Waals surface area contributed by atoms with Crippen molar-refractivity contribution < 1.29 is 19.8 Å². The quantitative estimate of drug-likeness (QED) is 0.425. The molecule has 0 atom stereocenters. The second-order valence-corrected chi connectivity index (χ2v) is 3.02. The van der Waals surface area contributed by atoms with Crippen LogP contribution in [0.5, 0.6) is 0 Å². The molecule has 0 saturated carbocycles. The summed E-state index contributed by atoms with van der Waals surface area (Å²) in [5.41, 5.74) is 0.108. The number of rotatable bonds is 4. The van der Waals surface area contributed by atoms with Gasteiger partial charge in [-0.2, -0.15) is 5.26 Å². The summed E-state index contributed by atoms with van der Waals surface area (Å²) in [5.74, 6) is -2.34. The van der Waals surface area contributed by atoms with Crippen molar-refractivity contribution in [1.82, 2.24) is 0 Å². The Balaban J connectivity index is 5.19. The molecular weight excluding hydrogens is 210 g/mol. The van der Waals surface area contributed by atoms with Crippen LogP contribution in [0.15, 0.2) is 34.9 Å². The minimum Gasteiger partial charge on any atom is -0.478 e. The number of carboxylic acids is 2. The molecule has 0 unspecified atom stereocenters. The van der Waals surface area contributed by atoms with E-state index >= 15 is 0 Å². The Morgan fingerprint density at radius 2 is 1.69 bits per heavy atom. The summed E-state index contributed by atoms with van der Waals surface area (Å²) in [7, 11) is 0. The molecule has 84 valence electrons. The maximum absolute atomic E-state index is 10.7. The Hall–Kier alpha value is -2.35. The van der Waals surface area contributed by atoms with Crippen LogP contribution >= 0.6 is 0 Å². The van der Waals surface area contributed by atoms with Gasteiger partial charge in [0.25, 0.3) is 0 Å². The Bertz CT molecular complexity index is 435. The lowest BCUT2D eigenvalue weighted by Crippen LogP contribution is -1.99. The third kappa shape index (κ3) is 4.77. The molecule has 0 saturated heterocycles. The topological polar surface area (TPSA) is 98.4 Å². The number of hydrogen-bond acceptors (Lipinski definition) is 3. The van der Waals surface area contributed by atoms with Crippen LogP contribution in [0.3, 0.4) is 0 Å². The summed E-state index contributed by atoms with van der Waals surface area (Å²) < 4.78 is 0. The van der Waals surface area contributed by atoms with Crippen LogP contribution in [-0.2, 0) is 9.59 Å². The number of allylic oxidation sites excluding steroid dienone is 3. The van der Waals surface area contributed by atoms with Gasteiger partial charge in [0.05, 0.1) is 11.6 Å². The molecule has 0 bridgehead atoms. The van der Waals surface area contributed by atoms with Crippen molar-refractivity contribution in [2.45, 2.75) is 13.8 Å². The molecule has 0 aliphatic carbocycles. The fraction of sp³-hybridized carbons (Fsp3) is 0.182. The molecule has 16 heavy (non-hydrogen) atoms. The normalized spacial score (nSPS) is 13.2. The first-order chi connectivity index (χ1) is 7.38. The first kappa shape index (κ1) is 13.7. The van der Waals surface area contributed by atoms with Gasteiger partial charge in [-0.15, -0.1) is 0 Å². The molecule has 0 heterocycles. The van der Waals surface area contributed by atoms with Gasteiger partial charge in [-0.25, -0.2) is 9.59 Å². The number of carbonyl (C=O) groups is 2. The minimum atomic E-state index is -1.22. The zero-order valence-electron chi connectivity index (χ0n) is 8.89. The molecule has 0 amide bonds. The number of nitriles is 1. The minimum absolute atomic E-state index is 0.0155. The molecule has 0 rings (SSSR count). The SMILES string of the molecule is CC(C#N)=CC(=CC=C(C)C(=O)O)C(=O)O. The third-order valence-corrected chi connectivity index (χ3v) is 1.65. The van der Waals surface area contributed by atoms with Crippen LogP contribution in [0.2, 0.25) is 0 Å². The summed E-state index contributed by atoms with van der Waals surface area (Å²) in [4.78, 5) is 21.2. The van der Waals surface area contributed by atoms with Gasteiger partial charge in [0, 0.05) is 11.1 Å². The van der Waals surface area contributed by atoms with Crippen LogP contribution < -0.4 is 0 Å². The van der Waals surface area contributed by atoms with Crippen molar-refractivity contribution in [3.8, 4) is 6.07 Å². The van der Waals surface area contributed by atoms with E-state index in [-0.39, 0.29) is 16.7 Å².